The third-order valence-electron chi connectivity index (χ3n) is 3.45. The van der Waals surface area contributed by atoms with Gasteiger partial charge < -0.3 is 4.52 Å². The maximum Gasteiger partial charge on any atom is 0.237 e. The van der Waals surface area contributed by atoms with Crippen molar-refractivity contribution >= 4 is 5.78 Å². The number of Topliss-reactive ketones (excluding diaryl/α,β-unsaturated/α-hetero) is 1. The van der Waals surface area contributed by atoms with Crippen molar-refractivity contribution in [2.45, 2.75) is 38.0 Å². The second-order valence-corrected chi connectivity index (χ2v) is 4.85. The van der Waals surface area contributed by atoms with E-state index in [1.54, 1.807) is 12.4 Å². The van der Waals surface area contributed by atoms with E-state index in [1.807, 2.05) is 12.1 Å². The quantitative estimate of drug-likeness (QED) is 0.843. The van der Waals surface area contributed by atoms with Crippen LogP contribution in [0.3, 0.4) is 0 Å². The Balaban J connectivity index is 1.74. The summed E-state index contributed by atoms with van der Waals surface area (Å²) in [7, 11) is 0. The molecule has 2 aromatic heterocycles. The molecule has 1 aliphatic carbocycles. The number of carbonyl (C=O) groups excluding carboxylic acids is 1. The fraction of sp³-hybridized carbons (Fsp3) is 0.429. The molecule has 5 heteroatoms. The van der Waals surface area contributed by atoms with Gasteiger partial charge in [0.1, 0.15) is 5.78 Å². The molecule has 19 heavy (non-hydrogen) atoms. The van der Waals surface area contributed by atoms with Crippen LogP contribution in [-0.2, 0) is 11.2 Å². The van der Waals surface area contributed by atoms with Gasteiger partial charge in [0.05, 0.1) is 5.92 Å². The van der Waals surface area contributed by atoms with Gasteiger partial charge in [-0.3, -0.25) is 9.78 Å². The molecule has 0 N–H and O–H groups in total. The van der Waals surface area contributed by atoms with E-state index in [1.165, 1.54) is 0 Å². The monoisotopic (exact) mass is 257 g/mol. The van der Waals surface area contributed by atoms with Gasteiger partial charge in [0.25, 0.3) is 0 Å². The molecule has 5 nitrogen and oxygen atoms in total. The highest BCUT2D eigenvalue weighted by Crippen LogP contribution is 2.28. The highest BCUT2D eigenvalue weighted by Gasteiger charge is 2.28. The van der Waals surface area contributed by atoms with Crippen LogP contribution >= 0.6 is 0 Å². The molecule has 2 aromatic rings. The summed E-state index contributed by atoms with van der Waals surface area (Å²) in [5, 5.41) is 3.96. The van der Waals surface area contributed by atoms with Gasteiger partial charge in [-0.1, -0.05) is 11.6 Å². The molecule has 1 unspecified atom stereocenters. The van der Waals surface area contributed by atoms with E-state index in [9.17, 15) is 4.79 Å². The summed E-state index contributed by atoms with van der Waals surface area (Å²) in [5.74, 6) is 1.14. The number of rotatable bonds is 3. The first-order chi connectivity index (χ1) is 9.33. The van der Waals surface area contributed by atoms with Crippen molar-refractivity contribution in [3.63, 3.8) is 0 Å². The molecule has 0 saturated heterocycles. The molecular formula is C14H15N3O2. The van der Waals surface area contributed by atoms with Crippen molar-refractivity contribution in [2.75, 3.05) is 0 Å². The van der Waals surface area contributed by atoms with Gasteiger partial charge in [-0.15, -0.1) is 0 Å². The molecule has 3 rings (SSSR count). The number of hydrogen-bond acceptors (Lipinski definition) is 5. The van der Waals surface area contributed by atoms with Crippen LogP contribution in [0.5, 0.6) is 0 Å². The minimum atomic E-state index is -0.188. The molecule has 1 aliphatic rings. The van der Waals surface area contributed by atoms with E-state index >= 15 is 0 Å². The molecule has 0 aliphatic heterocycles. The van der Waals surface area contributed by atoms with Crippen LogP contribution in [0.2, 0.25) is 0 Å². The number of nitrogens with zero attached hydrogens (tertiary/aromatic N) is 3. The number of carbonyl (C=O) groups is 1. The predicted octanol–water partition coefficient (Wildman–Crippen LogP) is 2.28. The first kappa shape index (κ1) is 12.0. The van der Waals surface area contributed by atoms with Crippen molar-refractivity contribution in [3.05, 3.63) is 41.8 Å². The standard InChI is InChI=1S/C14H15N3O2/c18-12-4-2-1-3-11(12)14-16-13(17-19-14)9-10-5-7-15-8-6-10/h5-8,11H,1-4,9H2. The van der Waals surface area contributed by atoms with Gasteiger partial charge in [-0.05, 0) is 30.5 Å². The summed E-state index contributed by atoms with van der Waals surface area (Å²) in [6.07, 6.45) is 7.57. The van der Waals surface area contributed by atoms with E-state index in [4.69, 9.17) is 4.52 Å². The molecule has 1 saturated carbocycles. The Morgan fingerprint density at radius 3 is 2.89 bits per heavy atom. The van der Waals surface area contributed by atoms with Gasteiger partial charge in [-0.25, -0.2) is 0 Å². The van der Waals surface area contributed by atoms with Crippen molar-refractivity contribution in [1.82, 2.24) is 15.1 Å². The number of aromatic nitrogens is 3. The van der Waals surface area contributed by atoms with Crippen molar-refractivity contribution in [2.24, 2.45) is 0 Å². The van der Waals surface area contributed by atoms with Crippen LogP contribution in [0.1, 0.15) is 48.9 Å². The minimum absolute atomic E-state index is 0.188. The minimum Gasteiger partial charge on any atom is -0.339 e. The summed E-state index contributed by atoms with van der Waals surface area (Å²) in [4.78, 5) is 20.2. The van der Waals surface area contributed by atoms with Crippen molar-refractivity contribution in [1.29, 1.82) is 0 Å². The highest BCUT2D eigenvalue weighted by atomic mass is 16.5. The SMILES string of the molecule is O=C1CCCCC1c1nc(Cc2ccncc2)no1. The zero-order valence-corrected chi connectivity index (χ0v) is 10.6. The third kappa shape index (κ3) is 2.70. The molecule has 2 heterocycles. The summed E-state index contributed by atoms with van der Waals surface area (Å²) in [5.41, 5.74) is 1.08. The average molecular weight is 257 g/mol. The Morgan fingerprint density at radius 1 is 1.26 bits per heavy atom. The smallest absolute Gasteiger partial charge is 0.237 e. The Bertz CT molecular complexity index is 565. The largest absolute Gasteiger partial charge is 0.339 e. The fourth-order valence-corrected chi connectivity index (χ4v) is 2.41. The lowest BCUT2D eigenvalue weighted by atomic mass is 9.88. The molecule has 1 atom stereocenters. The second-order valence-electron chi connectivity index (χ2n) is 4.85. The topological polar surface area (TPSA) is 68.9 Å². The maximum absolute atomic E-state index is 11.8. The van der Waals surface area contributed by atoms with E-state index < -0.39 is 0 Å². The molecule has 0 spiro atoms. The van der Waals surface area contributed by atoms with E-state index in [0.717, 1.165) is 24.8 Å². The molecule has 0 bridgehead atoms. The maximum atomic E-state index is 11.8. The Morgan fingerprint density at radius 2 is 2.11 bits per heavy atom. The first-order valence-electron chi connectivity index (χ1n) is 6.57. The van der Waals surface area contributed by atoms with Crippen molar-refractivity contribution in [3.8, 4) is 0 Å². The Hall–Kier alpha value is -2.04. The summed E-state index contributed by atoms with van der Waals surface area (Å²) in [6, 6.07) is 3.84. The second kappa shape index (κ2) is 5.30. The van der Waals surface area contributed by atoms with Crippen LogP contribution in [0.15, 0.2) is 29.0 Å². The summed E-state index contributed by atoms with van der Waals surface area (Å²) in [6.45, 7) is 0. The lowest BCUT2D eigenvalue weighted by Crippen LogP contribution is -2.17. The van der Waals surface area contributed by atoms with Crippen LogP contribution in [0, 0.1) is 0 Å². The van der Waals surface area contributed by atoms with Crippen LogP contribution in [0.4, 0.5) is 0 Å². The van der Waals surface area contributed by atoms with Crippen LogP contribution in [0.25, 0.3) is 0 Å². The number of hydrogen-bond donors (Lipinski definition) is 0. The normalized spacial score (nSPS) is 19.6. The summed E-state index contributed by atoms with van der Waals surface area (Å²) < 4.78 is 5.25. The fourth-order valence-electron chi connectivity index (χ4n) is 2.41. The molecule has 0 aromatic carbocycles. The molecule has 98 valence electrons. The zero-order chi connectivity index (χ0) is 13.1. The first-order valence-corrected chi connectivity index (χ1v) is 6.57. The van der Waals surface area contributed by atoms with Crippen LogP contribution in [-0.4, -0.2) is 20.9 Å². The van der Waals surface area contributed by atoms with Gasteiger partial charge >= 0.3 is 0 Å². The lowest BCUT2D eigenvalue weighted by molar-refractivity contribution is -0.122. The van der Waals surface area contributed by atoms with E-state index in [0.29, 0.717) is 24.6 Å². The molecule has 0 amide bonds. The third-order valence-corrected chi connectivity index (χ3v) is 3.45. The van der Waals surface area contributed by atoms with E-state index in [-0.39, 0.29) is 11.7 Å². The predicted molar refractivity (Wildman–Crippen MR) is 67.6 cm³/mol. The number of ketones is 1. The van der Waals surface area contributed by atoms with E-state index in [2.05, 4.69) is 15.1 Å². The average Bonchev–Trinajstić information content (AvgIpc) is 2.89. The lowest BCUT2D eigenvalue weighted by Gasteiger charge is -2.16. The molecular weight excluding hydrogens is 242 g/mol. The van der Waals surface area contributed by atoms with Gasteiger partial charge in [0.2, 0.25) is 5.89 Å². The zero-order valence-electron chi connectivity index (χ0n) is 10.6. The number of pyridine rings is 1. The van der Waals surface area contributed by atoms with Gasteiger partial charge in [-0.2, -0.15) is 4.98 Å². The molecule has 0 radical (unpaired) electrons. The van der Waals surface area contributed by atoms with Gasteiger partial charge in [0.15, 0.2) is 5.82 Å². The van der Waals surface area contributed by atoms with Crippen LogP contribution < -0.4 is 0 Å². The van der Waals surface area contributed by atoms with Crippen molar-refractivity contribution < 1.29 is 9.32 Å². The molecule has 1 fully saturated rings. The highest BCUT2D eigenvalue weighted by molar-refractivity contribution is 5.85. The van der Waals surface area contributed by atoms with Gasteiger partial charge in [0, 0.05) is 25.2 Å². The summed E-state index contributed by atoms with van der Waals surface area (Å²) >= 11 is 0. The Kier molecular flexibility index (Phi) is 3.35. The Labute approximate surface area is 111 Å².